The Balaban J connectivity index is 1.25. The molecule has 0 aliphatic heterocycles. The van der Waals surface area contributed by atoms with Crippen LogP contribution < -0.4 is 0 Å². The Labute approximate surface area is 260 Å². The number of imidazole rings is 2. The van der Waals surface area contributed by atoms with Crippen molar-refractivity contribution in [2.24, 2.45) is 14.1 Å². The van der Waals surface area contributed by atoms with Gasteiger partial charge in [-0.25, -0.2) is 9.97 Å². The monoisotopic (exact) mass is 579 g/mol. The molecule has 6 aromatic carbocycles. The van der Waals surface area contributed by atoms with Crippen molar-refractivity contribution in [2.45, 2.75) is 0 Å². The van der Waals surface area contributed by atoms with Crippen LogP contribution in [0.3, 0.4) is 0 Å². The van der Waals surface area contributed by atoms with Gasteiger partial charge in [-0.05, 0) is 48.0 Å². The number of rotatable bonds is 4. The van der Waals surface area contributed by atoms with Crippen LogP contribution in [0.4, 0.5) is 0 Å². The Morgan fingerprint density at radius 1 is 0.444 bits per heavy atom. The van der Waals surface area contributed by atoms with Crippen molar-refractivity contribution in [3.05, 3.63) is 140 Å². The van der Waals surface area contributed by atoms with E-state index >= 15 is 0 Å². The van der Waals surface area contributed by atoms with Crippen LogP contribution in [0.15, 0.2) is 140 Å². The molecule has 0 aliphatic carbocycles. The van der Waals surface area contributed by atoms with Gasteiger partial charge >= 0.3 is 0 Å². The molecule has 3 heterocycles. The SMILES string of the molecule is Cn1c(-c2cccc(-n3c4ccccc4c4ccc(-c5nc6cccc(-c7ccccc7)c6n5C)cc43)c2)nc2ccccc21. The predicted octanol–water partition coefficient (Wildman–Crippen LogP) is 9.56. The number of nitrogens with zero attached hydrogens (tertiary/aromatic N) is 5. The number of benzene rings is 6. The second kappa shape index (κ2) is 9.79. The first kappa shape index (κ1) is 25.5. The third-order valence-electron chi connectivity index (χ3n) is 9.06. The lowest BCUT2D eigenvalue weighted by molar-refractivity contribution is 0.958. The molecule has 0 atom stereocenters. The highest BCUT2D eigenvalue weighted by molar-refractivity contribution is 6.10. The minimum Gasteiger partial charge on any atom is -0.327 e. The molecule has 9 aromatic rings. The van der Waals surface area contributed by atoms with E-state index in [1.54, 1.807) is 0 Å². The van der Waals surface area contributed by atoms with E-state index in [1.165, 1.54) is 27.4 Å². The quantitative estimate of drug-likeness (QED) is 0.208. The van der Waals surface area contributed by atoms with Crippen molar-refractivity contribution in [3.63, 3.8) is 0 Å². The van der Waals surface area contributed by atoms with E-state index in [-0.39, 0.29) is 0 Å². The van der Waals surface area contributed by atoms with Crippen LogP contribution in [-0.4, -0.2) is 23.7 Å². The normalized spacial score (nSPS) is 11.8. The molecule has 0 fully saturated rings. The van der Waals surface area contributed by atoms with Gasteiger partial charge in [-0.3, -0.25) is 0 Å². The zero-order valence-electron chi connectivity index (χ0n) is 25.0. The molecule has 45 heavy (non-hydrogen) atoms. The molecule has 0 N–H and O–H groups in total. The van der Waals surface area contributed by atoms with Gasteiger partial charge < -0.3 is 13.7 Å². The van der Waals surface area contributed by atoms with E-state index in [0.717, 1.165) is 56.0 Å². The maximum atomic E-state index is 5.16. The molecule has 9 rings (SSSR count). The average Bonchev–Trinajstić information content (AvgIpc) is 3.74. The van der Waals surface area contributed by atoms with Crippen LogP contribution in [-0.2, 0) is 14.1 Å². The van der Waals surface area contributed by atoms with Gasteiger partial charge in [-0.2, -0.15) is 0 Å². The minimum absolute atomic E-state index is 0.945. The molecule has 0 radical (unpaired) electrons. The van der Waals surface area contributed by atoms with Gasteiger partial charge in [0.1, 0.15) is 11.6 Å². The summed E-state index contributed by atoms with van der Waals surface area (Å²) in [6, 6.07) is 49.3. The number of aryl methyl sites for hydroxylation is 2. The van der Waals surface area contributed by atoms with Crippen LogP contribution in [0.25, 0.3) is 83.5 Å². The number of aromatic nitrogens is 5. The van der Waals surface area contributed by atoms with Gasteiger partial charge in [0, 0.05) is 47.2 Å². The van der Waals surface area contributed by atoms with Crippen LogP contribution in [0, 0.1) is 0 Å². The Morgan fingerprint density at radius 3 is 1.96 bits per heavy atom. The highest BCUT2D eigenvalue weighted by atomic mass is 15.1. The zero-order valence-corrected chi connectivity index (χ0v) is 25.0. The molecular weight excluding hydrogens is 550 g/mol. The maximum absolute atomic E-state index is 5.16. The Bertz CT molecular complexity index is 2560. The zero-order chi connectivity index (χ0) is 30.1. The summed E-state index contributed by atoms with van der Waals surface area (Å²) in [4.78, 5) is 10.1. The van der Waals surface area contributed by atoms with Gasteiger partial charge in [0.05, 0.1) is 33.1 Å². The number of fused-ring (bicyclic) bond motifs is 5. The van der Waals surface area contributed by atoms with E-state index in [0.29, 0.717) is 0 Å². The molecule has 0 saturated heterocycles. The molecular formula is C40H29N5. The summed E-state index contributed by atoms with van der Waals surface area (Å²) < 4.78 is 6.78. The average molecular weight is 580 g/mol. The lowest BCUT2D eigenvalue weighted by atomic mass is 10.0. The van der Waals surface area contributed by atoms with E-state index in [2.05, 4.69) is 161 Å². The first-order chi connectivity index (χ1) is 22.2. The predicted molar refractivity (Wildman–Crippen MR) is 186 cm³/mol. The van der Waals surface area contributed by atoms with Crippen LogP contribution >= 0.6 is 0 Å². The number of hydrogen-bond donors (Lipinski definition) is 0. The second-order valence-electron chi connectivity index (χ2n) is 11.7. The molecule has 0 amide bonds. The molecule has 0 bridgehead atoms. The summed E-state index contributed by atoms with van der Waals surface area (Å²) in [5.74, 6) is 1.90. The Hall–Kier alpha value is -5.94. The first-order valence-corrected chi connectivity index (χ1v) is 15.2. The first-order valence-electron chi connectivity index (χ1n) is 15.2. The van der Waals surface area contributed by atoms with Gasteiger partial charge in [-0.15, -0.1) is 0 Å². The van der Waals surface area contributed by atoms with E-state index < -0.39 is 0 Å². The third kappa shape index (κ3) is 3.87. The third-order valence-corrected chi connectivity index (χ3v) is 9.06. The van der Waals surface area contributed by atoms with Crippen LogP contribution in [0.5, 0.6) is 0 Å². The lowest BCUT2D eigenvalue weighted by Gasteiger charge is -2.11. The molecule has 5 heteroatoms. The van der Waals surface area contributed by atoms with Crippen LogP contribution in [0.1, 0.15) is 0 Å². The van der Waals surface area contributed by atoms with Gasteiger partial charge in [0.15, 0.2) is 0 Å². The van der Waals surface area contributed by atoms with Crippen LogP contribution in [0.2, 0.25) is 0 Å². The van der Waals surface area contributed by atoms with Crippen molar-refractivity contribution in [3.8, 4) is 39.6 Å². The molecule has 3 aromatic heterocycles. The van der Waals surface area contributed by atoms with Crippen molar-refractivity contribution < 1.29 is 0 Å². The summed E-state index contributed by atoms with van der Waals surface area (Å²) in [6.07, 6.45) is 0. The lowest BCUT2D eigenvalue weighted by Crippen LogP contribution is -1.98. The summed E-state index contributed by atoms with van der Waals surface area (Å²) in [7, 11) is 4.21. The summed E-state index contributed by atoms with van der Waals surface area (Å²) >= 11 is 0. The minimum atomic E-state index is 0.945. The molecule has 0 aliphatic rings. The highest BCUT2D eigenvalue weighted by Gasteiger charge is 2.18. The summed E-state index contributed by atoms with van der Waals surface area (Å²) in [5, 5.41) is 2.44. The van der Waals surface area contributed by atoms with Crippen molar-refractivity contribution in [1.29, 1.82) is 0 Å². The van der Waals surface area contributed by atoms with Gasteiger partial charge in [-0.1, -0.05) is 97.1 Å². The molecule has 5 nitrogen and oxygen atoms in total. The van der Waals surface area contributed by atoms with Gasteiger partial charge in [0.2, 0.25) is 0 Å². The van der Waals surface area contributed by atoms with Crippen molar-refractivity contribution in [2.75, 3.05) is 0 Å². The topological polar surface area (TPSA) is 40.6 Å². The van der Waals surface area contributed by atoms with E-state index in [4.69, 9.17) is 9.97 Å². The second-order valence-corrected chi connectivity index (χ2v) is 11.7. The van der Waals surface area contributed by atoms with Crippen molar-refractivity contribution >= 4 is 43.9 Å². The maximum Gasteiger partial charge on any atom is 0.140 e. The smallest absolute Gasteiger partial charge is 0.140 e. The molecule has 0 saturated carbocycles. The fourth-order valence-corrected chi connectivity index (χ4v) is 6.95. The highest BCUT2D eigenvalue weighted by Crippen LogP contribution is 2.37. The molecule has 0 spiro atoms. The number of para-hydroxylation sites is 4. The molecule has 214 valence electrons. The Kier molecular flexibility index (Phi) is 5.56. The Morgan fingerprint density at radius 2 is 1.09 bits per heavy atom. The fraction of sp³-hybridized carbons (Fsp3) is 0.0500. The van der Waals surface area contributed by atoms with E-state index in [9.17, 15) is 0 Å². The standard InChI is InChI=1S/C40H29N5/c1-43-36-21-9-7-18-33(36)41-39(43)27-14-10-15-29(24-27)45-35-20-8-6-16-31(35)32-23-22-28(25-37(32)45)40-42-34-19-11-17-30(38(34)44(40)2)26-12-4-3-5-13-26/h3-25H,1-2H3. The fourth-order valence-electron chi connectivity index (χ4n) is 6.95. The van der Waals surface area contributed by atoms with Gasteiger partial charge in [0.25, 0.3) is 0 Å². The summed E-state index contributed by atoms with van der Waals surface area (Å²) in [5.41, 5.74) is 12.2. The largest absolute Gasteiger partial charge is 0.327 e. The molecule has 0 unspecified atom stereocenters. The summed E-state index contributed by atoms with van der Waals surface area (Å²) in [6.45, 7) is 0. The van der Waals surface area contributed by atoms with E-state index in [1.807, 2.05) is 6.07 Å². The van der Waals surface area contributed by atoms with Crippen molar-refractivity contribution in [1.82, 2.24) is 23.7 Å². The number of hydrogen-bond acceptors (Lipinski definition) is 2.